The highest BCUT2D eigenvalue weighted by Crippen LogP contribution is 2.32. The number of nitrogens with zero attached hydrogens (tertiary/aromatic N) is 1. The van der Waals surface area contributed by atoms with E-state index in [0.717, 1.165) is 0 Å². The van der Waals surface area contributed by atoms with Gasteiger partial charge in [-0.15, -0.1) is 0 Å². The van der Waals surface area contributed by atoms with Crippen molar-refractivity contribution in [1.82, 2.24) is 0 Å². The van der Waals surface area contributed by atoms with Crippen LogP contribution in [0.1, 0.15) is 5.76 Å². The second kappa shape index (κ2) is 5.94. The summed E-state index contributed by atoms with van der Waals surface area (Å²) in [6.07, 6.45) is 0.0416. The molecule has 1 unspecified atom stereocenters. The van der Waals surface area contributed by atoms with Gasteiger partial charge in [-0.2, -0.15) is 0 Å². The van der Waals surface area contributed by atoms with E-state index in [-0.39, 0.29) is 17.1 Å². The molecule has 0 radical (unpaired) electrons. The molecule has 0 amide bonds. The van der Waals surface area contributed by atoms with Gasteiger partial charge in [0, 0.05) is 24.1 Å². The molecule has 2 rings (SSSR count). The molecule has 7 nitrogen and oxygen atoms in total. The Morgan fingerprint density at radius 2 is 2.14 bits per heavy atom. The first kappa shape index (κ1) is 15.0. The maximum atomic E-state index is 10.7. The summed E-state index contributed by atoms with van der Waals surface area (Å²) >= 11 is 5.99. The average Bonchev–Trinajstić information content (AvgIpc) is 2.86. The molecule has 0 spiro atoms. The van der Waals surface area contributed by atoms with Gasteiger partial charge in [-0.25, -0.2) is 0 Å². The maximum Gasteiger partial charge on any atom is 0.320 e. The van der Waals surface area contributed by atoms with Crippen molar-refractivity contribution in [3.8, 4) is 11.3 Å². The fraction of sp³-hybridized carbons (Fsp3) is 0.154. The third kappa shape index (κ3) is 3.39. The number of hydrogen-bond donors (Lipinski definition) is 2. The van der Waals surface area contributed by atoms with Crippen molar-refractivity contribution >= 4 is 23.3 Å². The molecule has 1 atom stereocenters. The molecule has 0 saturated carbocycles. The Labute approximate surface area is 124 Å². The van der Waals surface area contributed by atoms with Crippen LogP contribution in [0.25, 0.3) is 11.3 Å². The third-order valence-electron chi connectivity index (χ3n) is 2.83. The quantitative estimate of drug-likeness (QED) is 0.646. The molecule has 3 N–H and O–H groups in total. The lowest BCUT2D eigenvalue weighted by atomic mass is 10.1. The molecule has 1 aromatic carbocycles. The second-order valence-electron chi connectivity index (χ2n) is 4.34. The molecule has 2 aromatic rings. The molecule has 110 valence electrons. The van der Waals surface area contributed by atoms with Crippen LogP contribution in [0.15, 0.2) is 34.7 Å². The van der Waals surface area contributed by atoms with Crippen molar-refractivity contribution in [3.63, 3.8) is 0 Å². The molecular weight excluding hydrogens is 300 g/mol. The van der Waals surface area contributed by atoms with Gasteiger partial charge >= 0.3 is 5.97 Å². The second-order valence-corrected chi connectivity index (χ2v) is 4.74. The smallest absolute Gasteiger partial charge is 0.320 e. The normalized spacial score (nSPS) is 12.1. The fourth-order valence-corrected chi connectivity index (χ4v) is 2.02. The number of carboxylic acid groups (broad SMARTS) is 1. The lowest BCUT2D eigenvalue weighted by Crippen LogP contribution is -2.32. The predicted octanol–water partition coefficient (Wildman–Crippen LogP) is 2.46. The number of non-ortho nitro benzene ring substituents is 1. The van der Waals surface area contributed by atoms with Gasteiger partial charge in [0.2, 0.25) is 0 Å². The van der Waals surface area contributed by atoms with E-state index in [4.69, 9.17) is 26.9 Å². The van der Waals surface area contributed by atoms with E-state index in [2.05, 4.69) is 0 Å². The Morgan fingerprint density at radius 3 is 2.71 bits per heavy atom. The summed E-state index contributed by atoms with van der Waals surface area (Å²) in [5.74, 6) is -0.335. The highest BCUT2D eigenvalue weighted by Gasteiger charge is 2.17. The summed E-state index contributed by atoms with van der Waals surface area (Å²) in [5.41, 5.74) is 5.78. The molecule has 0 saturated heterocycles. The first-order chi connectivity index (χ1) is 9.88. The number of aliphatic carboxylic acids is 1. The van der Waals surface area contributed by atoms with E-state index in [9.17, 15) is 14.9 Å². The van der Waals surface area contributed by atoms with E-state index in [1.165, 1.54) is 18.2 Å². The minimum atomic E-state index is -1.12. The number of rotatable bonds is 5. The number of carboxylic acids is 1. The van der Waals surface area contributed by atoms with Crippen molar-refractivity contribution in [2.24, 2.45) is 5.73 Å². The first-order valence-electron chi connectivity index (χ1n) is 5.90. The minimum Gasteiger partial charge on any atom is -0.480 e. The zero-order valence-corrected chi connectivity index (χ0v) is 11.4. The van der Waals surface area contributed by atoms with Crippen LogP contribution in [0.3, 0.4) is 0 Å². The number of benzene rings is 1. The molecule has 21 heavy (non-hydrogen) atoms. The van der Waals surface area contributed by atoms with Crippen LogP contribution in [-0.4, -0.2) is 22.0 Å². The Bertz CT molecular complexity index is 698. The van der Waals surface area contributed by atoms with E-state index in [1.807, 2.05) is 0 Å². The van der Waals surface area contributed by atoms with E-state index in [0.29, 0.717) is 17.1 Å². The molecular formula is C13H11ClN2O5. The van der Waals surface area contributed by atoms with Crippen molar-refractivity contribution < 1.29 is 19.2 Å². The lowest BCUT2D eigenvalue weighted by Gasteiger charge is -2.03. The molecule has 0 aliphatic rings. The summed E-state index contributed by atoms with van der Waals surface area (Å²) in [4.78, 5) is 20.8. The van der Waals surface area contributed by atoms with Crippen LogP contribution < -0.4 is 5.73 Å². The molecule has 1 heterocycles. The minimum absolute atomic E-state index is 0.0416. The monoisotopic (exact) mass is 310 g/mol. The van der Waals surface area contributed by atoms with Crippen LogP contribution in [-0.2, 0) is 11.2 Å². The van der Waals surface area contributed by atoms with Gasteiger partial charge in [-0.3, -0.25) is 14.9 Å². The number of halogens is 1. The Morgan fingerprint density at radius 1 is 1.43 bits per heavy atom. The molecule has 1 aromatic heterocycles. The Kier molecular flexibility index (Phi) is 4.25. The topological polar surface area (TPSA) is 120 Å². The van der Waals surface area contributed by atoms with Crippen LogP contribution in [0.4, 0.5) is 5.69 Å². The zero-order chi connectivity index (χ0) is 15.6. The summed E-state index contributed by atoms with van der Waals surface area (Å²) in [6, 6.07) is 6.15. The number of carbonyl (C=O) groups is 1. The maximum absolute atomic E-state index is 10.7. The molecule has 8 heteroatoms. The van der Waals surface area contributed by atoms with Gasteiger partial charge in [0.15, 0.2) is 0 Å². The Balaban J connectivity index is 2.25. The fourth-order valence-electron chi connectivity index (χ4n) is 1.75. The number of nitro groups is 1. The number of furan rings is 1. The van der Waals surface area contributed by atoms with Crippen LogP contribution in [0.2, 0.25) is 5.02 Å². The van der Waals surface area contributed by atoms with Crippen LogP contribution in [0, 0.1) is 10.1 Å². The number of nitrogens with two attached hydrogens (primary N) is 1. The summed E-state index contributed by atoms with van der Waals surface area (Å²) in [5, 5.41) is 19.6. The van der Waals surface area contributed by atoms with Gasteiger partial charge in [0.05, 0.1) is 9.95 Å². The summed E-state index contributed by atoms with van der Waals surface area (Å²) in [7, 11) is 0. The number of hydrogen-bond acceptors (Lipinski definition) is 5. The van der Waals surface area contributed by atoms with Gasteiger partial charge in [-0.05, 0) is 18.2 Å². The summed E-state index contributed by atoms with van der Waals surface area (Å²) < 4.78 is 5.47. The SMILES string of the molecule is NC(Cc1ccc(-c2ccc([N+](=O)[O-])cc2Cl)o1)C(=O)O. The first-order valence-corrected chi connectivity index (χ1v) is 6.27. The van der Waals surface area contributed by atoms with Crippen molar-refractivity contribution in [2.45, 2.75) is 12.5 Å². The van der Waals surface area contributed by atoms with Crippen molar-refractivity contribution in [3.05, 3.63) is 51.2 Å². The van der Waals surface area contributed by atoms with E-state index in [1.54, 1.807) is 12.1 Å². The van der Waals surface area contributed by atoms with Gasteiger partial charge in [0.25, 0.3) is 5.69 Å². The molecule has 0 bridgehead atoms. The van der Waals surface area contributed by atoms with E-state index >= 15 is 0 Å². The molecule has 0 aliphatic heterocycles. The number of nitro benzene ring substituents is 1. The largest absolute Gasteiger partial charge is 0.480 e. The van der Waals surface area contributed by atoms with Crippen LogP contribution >= 0.6 is 11.6 Å². The highest BCUT2D eigenvalue weighted by molar-refractivity contribution is 6.33. The third-order valence-corrected chi connectivity index (χ3v) is 3.14. The summed E-state index contributed by atoms with van der Waals surface area (Å²) in [6.45, 7) is 0. The van der Waals surface area contributed by atoms with Crippen molar-refractivity contribution in [2.75, 3.05) is 0 Å². The van der Waals surface area contributed by atoms with Crippen LogP contribution in [0.5, 0.6) is 0 Å². The van der Waals surface area contributed by atoms with Gasteiger partial charge < -0.3 is 15.3 Å². The van der Waals surface area contributed by atoms with Gasteiger partial charge in [-0.1, -0.05) is 11.6 Å². The standard InChI is InChI=1S/C13H11ClN2O5/c14-10-5-7(16(19)20)1-3-9(10)12-4-2-8(21-12)6-11(15)13(17)18/h1-5,11H,6,15H2,(H,17,18). The average molecular weight is 311 g/mol. The van der Waals surface area contributed by atoms with Gasteiger partial charge in [0.1, 0.15) is 17.6 Å². The predicted molar refractivity (Wildman–Crippen MR) is 75.1 cm³/mol. The Hall–Kier alpha value is -2.38. The van der Waals surface area contributed by atoms with Crippen molar-refractivity contribution in [1.29, 1.82) is 0 Å². The lowest BCUT2D eigenvalue weighted by molar-refractivity contribution is -0.384. The highest BCUT2D eigenvalue weighted by atomic mass is 35.5. The van der Waals surface area contributed by atoms with E-state index < -0.39 is 16.9 Å². The zero-order valence-electron chi connectivity index (χ0n) is 10.7. The molecule has 0 aliphatic carbocycles. The molecule has 0 fully saturated rings.